The number of fused-ring (bicyclic) bond motifs is 1. The van der Waals surface area contributed by atoms with Crippen LogP contribution in [0.1, 0.15) is 29.9 Å². The number of nitrogens with zero attached hydrogens (tertiary/aromatic N) is 4. The van der Waals surface area contributed by atoms with Crippen LogP contribution in [-0.4, -0.2) is 38.3 Å². The van der Waals surface area contributed by atoms with Crippen molar-refractivity contribution in [1.82, 2.24) is 19.3 Å². The summed E-state index contributed by atoms with van der Waals surface area (Å²) in [5.74, 6) is -0.246. The Labute approximate surface area is 140 Å². The molecule has 3 aromatic heterocycles. The lowest BCUT2D eigenvalue weighted by Gasteiger charge is -2.18. The summed E-state index contributed by atoms with van der Waals surface area (Å²) in [5, 5.41) is 0. The lowest BCUT2D eigenvalue weighted by Crippen LogP contribution is -2.31. The van der Waals surface area contributed by atoms with E-state index in [0.29, 0.717) is 13.1 Å². The third-order valence-electron chi connectivity index (χ3n) is 3.90. The van der Waals surface area contributed by atoms with Crippen LogP contribution >= 0.6 is 0 Å². The number of hydrogen-bond acceptors (Lipinski definition) is 4. The van der Waals surface area contributed by atoms with Crippen LogP contribution in [0.5, 0.6) is 0 Å². The van der Waals surface area contributed by atoms with Crippen molar-refractivity contribution in [2.45, 2.75) is 20.0 Å². The van der Waals surface area contributed by atoms with E-state index >= 15 is 0 Å². The van der Waals surface area contributed by atoms with Gasteiger partial charge in [0.15, 0.2) is 12.2 Å². The van der Waals surface area contributed by atoms with E-state index in [1.54, 1.807) is 13.8 Å². The highest BCUT2D eigenvalue weighted by Gasteiger charge is 2.33. The number of aromatic nitrogens is 3. The third kappa shape index (κ3) is 2.97. The van der Waals surface area contributed by atoms with Crippen molar-refractivity contribution < 1.29 is 22.4 Å². The van der Waals surface area contributed by atoms with E-state index < -0.39 is 11.7 Å². The first-order valence-electron chi connectivity index (χ1n) is 7.63. The van der Waals surface area contributed by atoms with E-state index in [1.165, 1.54) is 17.3 Å². The molecule has 0 aliphatic rings. The van der Waals surface area contributed by atoms with Gasteiger partial charge in [0.2, 0.25) is 0 Å². The van der Waals surface area contributed by atoms with Gasteiger partial charge in [-0.1, -0.05) is 0 Å². The Morgan fingerprint density at radius 1 is 1.28 bits per heavy atom. The number of carbonyl (C=O) groups excluding carboxylic acids is 1. The molecular weight excluding hydrogens is 337 g/mol. The SMILES string of the molecule is CCN(CC)C(=O)c1cnc2c(-c3cnco3)cc(C(F)(F)F)cn12. The van der Waals surface area contributed by atoms with E-state index in [9.17, 15) is 18.0 Å². The van der Waals surface area contributed by atoms with Gasteiger partial charge >= 0.3 is 6.18 Å². The van der Waals surface area contributed by atoms with Crippen molar-refractivity contribution in [2.75, 3.05) is 13.1 Å². The Morgan fingerprint density at radius 3 is 2.56 bits per heavy atom. The average Bonchev–Trinajstić information content (AvgIpc) is 3.23. The number of pyridine rings is 1. The Bertz CT molecular complexity index is 896. The third-order valence-corrected chi connectivity index (χ3v) is 3.90. The molecule has 6 nitrogen and oxygen atoms in total. The van der Waals surface area contributed by atoms with Crippen LogP contribution in [-0.2, 0) is 6.18 Å². The van der Waals surface area contributed by atoms with Crippen LogP contribution in [0.15, 0.2) is 35.5 Å². The van der Waals surface area contributed by atoms with Crippen molar-refractivity contribution in [1.29, 1.82) is 0 Å². The lowest BCUT2D eigenvalue weighted by molar-refractivity contribution is -0.137. The highest BCUT2D eigenvalue weighted by Crippen LogP contribution is 2.34. The van der Waals surface area contributed by atoms with Crippen molar-refractivity contribution >= 4 is 11.6 Å². The van der Waals surface area contributed by atoms with Gasteiger partial charge in [0.25, 0.3) is 5.91 Å². The van der Waals surface area contributed by atoms with Crippen LogP contribution in [0.3, 0.4) is 0 Å². The number of rotatable bonds is 4. The van der Waals surface area contributed by atoms with Gasteiger partial charge in [-0.3, -0.25) is 9.20 Å². The van der Waals surface area contributed by atoms with E-state index in [1.807, 2.05) is 0 Å². The Morgan fingerprint density at radius 2 is 2.00 bits per heavy atom. The Hall–Kier alpha value is -2.84. The number of carbonyl (C=O) groups is 1. The molecule has 0 bridgehead atoms. The molecule has 0 unspecified atom stereocenters. The second kappa shape index (κ2) is 6.23. The van der Waals surface area contributed by atoms with Gasteiger partial charge in [0.05, 0.1) is 23.5 Å². The van der Waals surface area contributed by atoms with Gasteiger partial charge in [0.1, 0.15) is 11.3 Å². The molecule has 0 fully saturated rings. The van der Waals surface area contributed by atoms with Gasteiger partial charge < -0.3 is 9.32 Å². The van der Waals surface area contributed by atoms with Crippen LogP contribution in [0.2, 0.25) is 0 Å². The topological polar surface area (TPSA) is 63.6 Å². The summed E-state index contributed by atoms with van der Waals surface area (Å²) in [6, 6.07) is 0.939. The molecule has 9 heteroatoms. The minimum Gasteiger partial charge on any atom is -0.443 e. The molecule has 1 amide bonds. The fraction of sp³-hybridized carbons (Fsp3) is 0.312. The zero-order valence-corrected chi connectivity index (χ0v) is 13.5. The predicted molar refractivity (Wildman–Crippen MR) is 82.9 cm³/mol. The summed E-state index contributed by atoms with van der Waals surface area (Å²) in [6.45, 7) is 4.48. The molecule has 0 aliphatic carbocycles. The average molecular weight is 352 g/mol. The minimum atomic E-state index is -4.58. The molecule has 0 atom stereocenters. The van der Waals surface area contributed by atoms with Gasteiger partial charge in [-0.05, 0) is 19.9 Å². The molecule has 0 aromatic carbocycles. The molecule has 3 heterocycles. The first-order valence-corrected chi connectivity index (χ1v) is 7.63. The standard InChI is InChI=1S/C16H15F3N4O2/c1-3-22(4-2)15(24)12-6-21-14-11(13-7-20-9-25-13)5-10(8-23(12)14)16(17,18)19/h5-9H,3-4H2,1-2H3. The van der Waals surface area contributed by atoms with Crippen molar-refractivity contribution in [2.24, 2.45) is 0 Å². The maximum atomic E-state index is 13.3. The summed E-state index contributed by atoms with van der Waals surface area (Å²) in [4.78, 5) is 22.0. The quantitative estimate of drug-likeness (QED) is 0.721. The van der Waals surface area contributed by atoms with E-state index in [2.05, 4.69) is 9.97 Å². The molecule has 3 aromatic rings. The number of alkyl halides is 3. The molecule has 25 heavy (non-hydrogen) atoms. The molecule has 0 aliphatic heterocycles. The Balaban J connectivity index is 2.26. The molecule has 0 spiro atoms. The largest absolute Gasteiger partial charge is 0.443 e. The van der Waals surface area contributed by atoms with Crippen LogP contribution in [0.4, 0.5) is 13.2 Å². The Kier molecular flexibility index (Phi) is 4.23. The molecule has 132 valence electrons. The van der Waals surface area contributed by atoms with Gasteiger partial charge in [-0.2, -0.15) is 13.2 Å². The van der Waals surface area contributed by atoms with Crippen molar-refractivity contribution in [3.63, 3.8) is 0 Å². The lowest BCUT2D eigenvalue weighted by atomic mass is 10.1. The maximum Gasteiger partial charge on any atom is 0.417 e. The number of hydrogen-bond donors (Lipinski definition) is 0. The molecule has 0 N–H and O–H groups in total. The van der Waals surface area contributed by atoms with Gasteiger partial charge in [0, 0.05) is 19.3 Å². The van der Waals surface area contributed by atoms with Gasteiger partial charge in [-0.15, -0.1) is 0 Å². The van der Waals surface area contributed by atoms with Crippen molar-refractivity contribution in [3.8, 4) is 11.3 Å². The summed E-state index contributed by atoms with van der Waals surface area (Å²) >= 11 is 0. The zero-order valence-electron chi connectivity index (χ0n) is 13.5. The molecule has 0 saturated carbocycles. The molecule has 0 saturated heterocycles. The van der Waals surface area contributed by atoms with Crippen LogP contribution in [0.25, 0.3) is 17.0 Å². The predicted octanol–water partition coefficient (Wildman–Crippen LogP) is 3.49. The fourth-order valence-electron chi connectivity index (χ4n) is 2.60. The highest BCUT2D eigenvalue weighted by molar-refractivity contribution is 5.94. The second-order valence-electron chi connectivity index (χ2n) is 5.32. The normalized spacial score (nSPS) is 11.9. The summed E-state index contributed by atoms with van der Waals surface area (Å²) in [6.07, 6.45) is -0.00918. The second-order valence-corrected chi connectivity index (χ2v) is 5.32. The number of amides is 1. The summed E-state index contributed by atoms with van der Waals surface area (Å²) in [5.41, 5.74) is -0.533. The number of imidazole rings is 1. The van der Waals surface area contributed by atoms with E-state index in [4.69, 9.17) is 4.42 Å². The van der Waals surface area contributed by atoms with Crippen LogP contribution in [0, 0.1) is 0 Å². The number of oxazole rings is 1. The maximum absolute atomic E-state index is 13.3. The molecule has 0 radical (unpaired) electrons. The van der Waals surface area contributed by atoms with E-state index in [0.717, 1.165) is 23.1 Å². The number of halogens is 3. The first kappa shape index (κ1) is 17.0. The highest BCUT2D eigenvalue weighted by atomic mass is 19.4. The van der Waals surface area contributed by atoms with Gasteiger partial charge in [-0.25, -0.2) is 9.97 Å². The van der Waals surface area contributed by atoms with Crippen LogP contribution < -0.4 is 0 Å². The summed E-state index contributed by atoms with van der Waals surface area (Å²) < 4.78 is 46.2. The van der Waals surface area contributed by atoms with Crippen molar-refractivity contribution in [3.05, 3.63) is 42.3 Å². The smallest absolute Gasteiger partial charge is 0.417 e. The van der Waals surface area contributed by atoms with E-state index in [-0.39, 0.29) is 28.6 Å². The molecular formula is C16H15F3N4O2. The fourth-order valence-corrected chi connectivity index (χ4v) is 2.60. The minimum absolute atomic E-state index is 0.0607. The first-order chi connectivity index (χ1) is 11.9. The summed E-state index contributed by atoms with van der Waals surface area (Å²) in [7, 11) is 0. The zero-order chi connectivity index (χ0) is 18.2. The molecule has 3 rings (SSSR count). The monoisotopic (exact) mass is 352 g/mol.